The number of carbonyl (C=O) groups is 1. The normalized spacial score (nSPS) is 10.9. The van der Waals surface area contributed by atoms with E-state index < -0.39 is 0 Å². The minimum absolute atomic E-state index is 0.163. The van der Waals surface area contributed by atoms with Gasteiger partial charge in [-0.05, 0) is 59.7 Å². The van der Waals surface area contributed by atoms with E-state index in [4.69, 9.17) is 4.42 Å². The summed E-state index contributed by atoms with van der Waals surface area (Å²) in [4.78, 5) is 12.6. The Morgan fingerprint density at radius 2 is 1.72 bits per heavy atom. The minimum Gasteiger partial charge on any atom is -0.467 e. The quantitative estimate of drug-likeness (QED) is 0.254. The number of nitrogens with zero attached hydrogens (tertiary/aromatic N) is 3. The summed E-state index contributed by atoms with van der Waals surface area (Å²) in [5, 5.41) is 12.5. The summed E-state index contributed by atoms with van der Waals surface area (Å²) in [5.74, 6) is 1.52. The molecule has 0 unspecified atom stereocenters. The zero-order valence-corrected chi connectivity index (χ0v) is 20.1. The first-order chi connectivity index (χ1) is 17.7. The number of halogens is 1. The van der Waals surface area contributed by atoms with Crippen LogP contribution >= 0.6 is 11.8 Å². The Kier molecular flexibility index (Phi) is 7.23. The zero-order valence-electron chi connectivity index (χ0n) is 19.3. The van der Waals surface area contributed by atoms with Crippen LogP contribution in [0.1, 0.15) is 27.2 Å². The van der Waals surface area contributed by atoms with E-state index in [1.165, 1.54) is 23.9 Å². The van der Waals surface area contributed by atoms with E-state index in [0.717, 1.165) is 21.8 Å². The first-order valence-electron chi connectivity index (χ1n) is 11.4. The maximum absolute atomic E-state index is 13.5. The lowest BCUT2D eigenvalue weighted by Crippen LogP contribution is -2.22. The van der Waals surface area contributed by atoms with Crippen LogP contribution in [0.5, 0.6) is 0 Å². The predicted octanol–water partition coefficient (Wildman–Crippen LogP) is 5.95. The van der Waals surface area contributed by atoms with Gasteiger partial charge in [-0.15, -0.1) is 10.2 Å². The number of amides is 1. The maximum atomic E-state index is 13.5. The van der Waals surface area contributed by atoms with Crippen LogP contribution in [-0.4, -0.2) is 20.7 Å². The number of hydrogen-bond acceptors (Lipinski definition) is 5. The van der Waals surface area contributed by atoms with E-state index in [-0.39, 0.29) is 11.7 Å². The second-order valence-corrected chi connectivity index (χ2v) is 9.08. The molecule has 0 bridgehead atoms. The molecule has 1 N–H and O–H groups in total. The van der Waals surface area contributed by atoms with E-state index in [0.29, 0.717) is 36.0 Å². The van der Waals surface area contributed by atoms with Gasteiger partial charge in [0.05, 0.1) is 19.4 Å². The molecule has 0 spiro atoms. The molecule has 2 aromatic heterocycles. The Morgan fingerprint density at radius 3 is 2.50 bits per heavy atom. The average Bonchev–Trinajstić information content (AvgIpc) is 3.58. The van der Waals surface area contributed by atoms with E-state index in [9.17, 15) is 9.18 Å². The van der Waals surface area contributed by atoms with Gasteiger partial charge in [-0.1, -0.05) is 54.2 Å². The lowest BCUT2D eigenvalue weighted by Gasteiger charge is -2.11. The summed E-state index contributed by atoms with van der Waals surface area (Å²) < 4.78 is 20.8. The topological polar surface area (TPSA) is 73.0 Å². The van der Waals surface area contributed by atoms with Gasteiger partial charge in [-0.3, -0.25) is 9.36 Å². The van der Waals surface area contributed by atoms with Crippen LogP contribution in [0.25, 0.3) is 11.4 Å². The van der Waals surface area contributed by atoms with Gasteiger partial charge in [0.2, 0.25) is 0 Å². The maximum Gasteiger partial charge on any atom is 0.251 e. The van der Waals surface area contributed by atoms with Crippen LogP contribution in [0.3, 0.4) is 0 Å². The molecule has 0 aliphatic rings. The molecule has 8 heteroatoms. The lowest BCUT2D eigenvalue weighted by molar-refractivity contribution is 0.0948. The largest absolute Gasteiger partial charge is 0.467 e. The van der Waals surface area contributed by atoms with Crippen molar-refractivity contribution in [3.05, 3.63) is 126 Å². The van der Waals surface area contributed by atoms with E-state index in [1.54, 1.807) is 30.5 Å². The highest BCUT2D eigenvalue weighted by Gasteiger charge is 2.16. The van der Waals surface area contributed by atoms with Crippen molar-refractivity contribution in [2.24, 2.45) is 0 Å². The van der Waals surface area contributed by atoms with E-state index >= 15 is 0 Å². The van der Waals surface area contributed by atoms with Crippen LogP contribution < -0.4 is 5.32 Å². The molecular formula is C28H23FN4O2S. The van der Waals surface area contributed by atoms with Crippen LogP contribution in [-0.2, 0) is 18.8 Å². The molecule has 180 valence electrons. The number of benzene rings is 3. The molecule has 0 saturated heterocycles. The number of furan rings is 1. The summed E-state index contributed by atoms with van der Waals surface area (Å²) in [6.07, 6.45) is 1.58. The third-order valence-electron chi connectivity index (χ3n) is 5.56. The molecule has 5 aromatic rings. The van der Waals surface area contributed by atoms with Gasteiger partial charge in [-0.2, -0.15) is 0 Å². The van der Waals surface area contributed by atoms with Crippen molar-refractivity contribution in [2.75, 3.05) is 0 Å². The molecule has 0 aliphatic carbocycles. The van der Waals surface area contributed by atoms with Crippen LogP contribution in [0, 0.1) is 5.82 Å². The highest BCUT2D eigenvalue weighted by molar-refractivity contribution is 7.98. The standard InChI is InChI=1S/C28H23FN4O2S/c29-24-13-11-22(12-14-24)26-31-32-28(33(26)18-20-6-2-1-3-7-20)36-19-21-8-4-9-23(16-21)27(34)30-17-25-10-5-15-35-25/h1-16H,17-19H2,(H,30,34). The smallest absolute Gasteiger partial charge is 0.251 e. The minimum atomic E-state index is -0.296. The second-order valence-electron chi connectivity index (χ2n) is 8.14. The monoisotopic (exact) mass is 498 g/mol. The first-order valence-corrected chi connectivity index (χ1v) is 12.4. The van der Waals surface area contributed by atoms with Gasteiger partial charge >= 0.3 is 0 Å². The molecule has 0 fully saturated rings. The van der Waals surface area contributed by atoms with Gasteiger partial charge in [0.25, 0.3) is 5.91 Å². The van der Waals surface area contributed by atoms with Crippen molar-refractivity contribution in [3.63, 3.8) is 0 Å². The average molecular weight is 499 g/mol. The van der Waals surface area contributed by atoms with Crippen molar-refractivity contribution in [2.45, 2.75) is 24.0 Å². The molecule has 0 radical (unpaired) electrons. The van der Waals surface area contributed by atoms with Crippen LogP contribution in [0.2, 0.25) is 0 Å². The first kappa shape index (κ1) is 23.6. The SMILES string of the molecule is O=C(NCc1ccco1)c1cccc(CSc2nnc(-c3ccc(F)cc3)n2Cc2ccccc2)c1. The fourth-order valence-electron chi connectivity index (χ4n) is 3.75. The van der Waals surface area contributed by atoms with Gasteiger partial charge < -0.3 is 9.73 Å². The molecule has 2 heterocycles. The van der Waals surface area contributed by atoms with Gasteiger partial charge in [-0.25, -0.2) is 4.39 Å². The third-order valence-corrected chi connectivity index (χ3v) is 6.60. The predicted molar refractivity (Wildman–Crippen MR) is 137 cm³/mol. The highest BCUT2D eigenvalue weighted by Crippen LogP contribution is 2.28. The number of nitrogens with one attached hydrogen (secondary N) is 1. The Bertz CT molecular complexity index is 1430. The molecule has 0 aliphatic heterocycles. The number of carbonyl (C=O) groups excluding carboxylic acids is 1. The van der Waals surface area contributed by atoms with Gasteiger partial charge in [0.15, 0.2) is 11.0 Å². The molecule has 5 rings (SSSR count). The zero-order chi connectivity index (χ0) is 24.7. The van der Waals surface area contributed by atoms with Crippen molar-refractivity contribution in [1.82, 2.24) is 20.1 Å². The van der Waals surface area contributed by atoms with Crippen molar-refractivity contribution in [1.29, 1.82) is 0 Å². The lowest BCUT2D eigenvalue weighted by atomic mass is 10.1. The number of aromatic nitrogens is 3. The summed E-state index contributed by atoms with van der Waals surface area (Å²) in [6.45, 7) is 0.914. The molecule has 36 heavy (non-hydrogen) atoms. The summed E-state index contributed by atoms with van der Waals surface area (Å²) in [6, 6.07) is 27.4. The molecule has 0 saturated carbocycles. The van der Waals surface area contributed by atoms with Crippen molar-refractivity contribution in [3.8, 4) is 11.4 Å². The van der Waals surface area contributed by atoms with Crippen LogP contribution in [0.4, 0.5) is 4.39 Å². The Morgan fingerprint density at radius 1 is 0.917 bits per heavy atom. The van der Waals surface area contributed by atoms with Gasteiger partial charge in [0, 0.05) is 16.9 Å². The Labute approximate surface area is 212 Å². The Balaban J connectivity index is 1.33. The van der Waals surface area contributed by atoms with Crippen molar-refractivity contribution < 1.29 is 13.6 Å². The van der Waals surface area contributed by atoms with Crippen LogP contribution in [0.15, 0.2) is 107 Å². The van der Waals surface area contributed by atoms with Gasteiger partial charge in [0.1, 0.15) is 11.6 Å². The number of thioether (sulfide) groups is 1. The third kappa shape index (κ3) is 5.72. The molecule has 1 amide bonds. The fraction of sp³-hybridized carbons (Fsp3) is 0.107. The van der Waals surface area contributed by atoms with E-state index in [1.807, 2.05) is 59.2 Å². The summed E-state index contributed by atoms with van der Waals surface area (Å²) in [5.41, 5.74) is 3.47. The highest BCUT2D eigenvalue weighted by atomic mass is 32.2. The van der Waals surface area contributed by atoms with Crippen molar-refractivity contribution >= 4 is 17.7 Å². The fourth-order valence-corrected chi connectivity index (χ4v) is 4.63. The van der Waals surface area contributed by atoms with E-state index in [2.05, 4.69) is 15.5 Å². The number of hydrogen-bond donors (Lipinski definition) is 1. The Hall–Kier alpha value is -4.17. The second kappa shape index (κ2) is 11.0. The molecule has 3 aromatic carbocycles. The molecule has 0 atom stereocenters. The summed E-state index contributed by atoms with van der Waals surface area (Å²) in [7, 11) is 0. The summed E-state index contributed by atoms with van der Waals surface area (Å²) >= 11 is 1.54. The number of rotatable bonds is 9. The molecule has 6 nitrogen and oxygen atoms in total. The molecular weight excluding hydrogens is 475 g/mol.